The topological polar surface area (TPSA) is 39.7 Å². The first-order valence-corrected chi connectivity index (χ1v) is 11.2. The van der Waals surface area contributed by atoms with Gasteiger partial charge < -0.3 is 15.5 Å². The largest absolute Gasteiger partial charge is 0.370 e. The molecule has 1 aromatic carbocycles. The Bertz CT molecular complexity index is 703. The van der Waals surface area contributed by atoms with Gasteiger partial charge in [-0.2, -0.15) is 11.8 Å². The maximum atomic E-state index is 4.73. The number of benzene rings is 1. The van der Waals surface area contributed by atoms with E-state index in [9.17, 15) is 0 Å². The average molecular weight is 389 g/mol. The van der Waals surface area contributed by atoms with Crippen LogP contribution in [0, 0.1) is 6.92 Å². The second-order valence-corrected chi connectivity index (χ2v) is 8.92. The number of thioether (sulfide) groups is 1. The second kappa shape index (κ2) is 9.88. The molecule has 0 bridgehead atoms. The zero-order chi connectivity index (χ0) is 18.2. The van der Waals surface area contributed by atoms with Crippen molar-refractivity contribution in [3.63, 3.8) is 0 Å². The Morgan fingerprint density at radius 2 is 1.85 bits per heavy atom. The van der Waals surface area contributed by atoms with Gasteiger partial charge in [-0.05, 0) is 43.7 Å². The summed E-state index contributed by atoms with van der Waals surface area (Å²) >= 11 is 3.87. The summed E-state index contributed by atoms with van der Waals surface area (Å²) in [5.41, 5.74) is 2.57. The molecule has 26 heavy (non-hydrogen) atoms. The molecule has 140 valence electrons. The summed E-state index contributed by atoms with van der Waals surface area (Å²) in [5, 5.41) is 6.75. The van der Waals surface area contributed by atoms with Crippen molar-refractivity contribution in [2.75, 3.05) is 36.0 Å². The molecule has 3 rings (SSSR count). The summed E-state index contributed by atoms with van der Waals surface area (Å²) < 4.78 is 0. The highest BCUT2D eigenvalue weighted by Crippen LogP contribution is 2.20. The van der Waals surface area contributed by atoms with Gasteiger partial charge in [-0.3, -0.25) is 0 Å². The van der Waals surface area contributed by atoms with Gasteiger partial charge in [0.15, 0.2) is 5.96 Å². The smallest absolute Gasteiger partial charge is 0.191 e. The highest BCUT2D eigenvalue weighted by molar-refractivity contribution is 7.99. The van der Waals surface area contributed by atoms with Crippen molar-refractivity contribution >= 4 is 34.7 Å². The molecular weight excluding hydrogens is 360 g/mol. The van der Waals surface area contributed by atoms with Crippen LogP contribution in [-0.4, -0.2) is 37.1 Å². The fraction of sp³-hybridized carbons (Fsp3) is 0.450. The van der Waals surface area contributed by atoms with Gasteiger partial charge in [0, 0.05) is 46.6 Å². The first kappa shape index (κ1) is 19.1. The van der Waals surface area contributed by atoms with E-state index in [1.165, 1.54) is 32.5 Å². The van der Waals surface area contributed by atoms with Crippen LogP contribution >= 0.6 is 23.1 Å². The van der Waals surface area contributed by atoms with Crippen LogP contribution < -0.4 is 15.5 Å². The second-order valence-electron chi connectivity index (χ2n) is 6.33. The minimum atomic E-state index is 0.689. The molecule has 1 fully saturated rings. The first-order chi connectivity index (χ1) is 12.7. The SMILES string of the molecule is CCNC(=NCc1ccc(N2CCSCC2)cc1)NCc1ccc(C)s1. The lowest BCUT2D eigenvalue weighted by Gasteiger charge is -2.28. The monoisotopic (exact) mass is 388 g/mol. The number of nitrogens with one attached hydrogen (secondary N) is 2. The number of nitrogens with zero attached hydrogens (tertiary/aromatic N) is 2. The molecule has 0 saturated carbocycles. The lowest BCUT2D eigenvalue weighted by atomic mass is 10.2. The van der Waals surface area contributed by atoms with E-state index < -0.39 is 0 Å². The van der Waals surface area contributed by atoms with Gasteiger partial charge in [-0.25, -0.2) is 4.99 Å². The fourth-order valence-corrected chi connectivity index (χ4v) is 4.63. The third-order valence-corrected chi connectivity index (χ3v) is 6.25. The summed E-state index contributed by atoms with van der Waals surface area (Å²) in [4.78, 5) is 9.87. The van der Waals surface area contributed by atoms with Crippen LogP contribution in [0.2, 0.25) is 0 Å². The molecule has 4 nitrogen and oxygen atoms in total. The summed E-state index contributed by atoms with van der Waals surface area (Å²) in [5.74, 6) is 3.33. The van der Waals surface area contributed by atoms with Crippen molar-refractivity contribution in [3.05, 3.63) is 51.7 Å². The molecule has 6 heteroatoms. The number of thiophene rings is 1. The van der Waals surface area contributed by atoms with Crippen molar-refractivity contribution in [2.24, 2.45) is 4.99 Å². The number of anilines is 1. The number of hydrogen-bond acceptors (Lipinski definition) is 4. The van der Waals surface area contributed by atoms with Crippen LogP contribution in [0.1, 0.15) is 22.2 Å². The molecule has 2 N–H and O–H groups in total. The van der Waals surface area contributed by atoms with Gasteiger partial charge in [0.05, 0.1) is 13.1 Å². The summed E-state index contributed by atoms with van der Waals surface area (Å²) in [6.45, 7) is 8.90. The Kier molecular flexibility index (Phi) is 7.26. The van der Waals surface area contributed by atoms with Crippen molar-refractivity contribution in [1.29, 1.82) is 0 Å². The molecule has 1 aliphatic heterocycles. The van der Waals surface area contributed by atoms with Crippen molar-refractivity contribution < 1.29 is 0 Å². The van der Waals surface area contributed by atoms with E-state index in [2.05, 4.69) is 65.8 Å². The molecule has 1 aromatic heterocycles. The van der Waals surface area contributed by atoms with Crippen molar-refractivity contribution in [1.82, 2.24) is 10.6 Å². The van der Waals surface area contributed by atoms with Gasteiger partial charge in [0.25, 0.3) is 0 Å². The van der Waals surface area contributed by atoms with Gasteiger partial charge >= 0.3 is 0 Å². The number of guanidine groups is 1. The lowest BCUT2D eigenvalue weighted by Crippen LogP contribution is -2.36. The highest BCUT2D eigenvalue weighted by Gasteiger charge is 2.10. The molecule has 0 amide bonds. The fourth-order valence-electron chi connectivity index (χ4n) is 2.90. The maximum Gasteiger partial charge on any atom is 0.191 e. The molecule has 1 saturated heterocycles. The van der Waals surface area contributed by atoms with Gasteiger partial charge in [0.2, 0.25) is 0 Å². The van der Waals surface area contributed by atoms with E-state index in [0.717, 1.165) is 32.1 Å². The van der Waals surface area contributed by atoms with Crippen molar-refractivity contribution in [2.45, 2.75) is 26.9 Å². The first-order valence-electron chi connectivity index (χ1n) is 9.23. The van der Waals surface area contributed by atoms with E-state index in [-0.39, 0.29) is 0 Å². The van der Waals surface area contributed by atoms with E-state index >= 15 is 0 Å². The predicted octanol–water partition coefficient (Wildman–Crippen LogP) is 3.87. The molecule has 0 spiro atoms. The molecule has 0 radical (unpaired) electrons. The van der Waals surface area contributed by atoms with E-state index in [1.807, 2.05) is 23.1 Å². The summed E-state index contributed by atoms with van der Waals surface area (Å²) in [6, 6.07) is 13.2. The van der Waals surface area contributed by atoms with E-state index in [1.54, 1.807) is 0 Å². The molecule has 0 unspecified atom stereocenters. The zero-order valence-electron chi connectivity index (χ0n) is 15.6. The minimum absolute atomic E-state index is 0.689. The summed E-state index contributed by atoms with van der Waals surface area (Å²) in [6.07, 6.45) is 0. The number of aryl methyl sites for hydroxylation is 1. The normalized spacial score (nSPS) is 15.2. The van der Waals surface area contributed by atoms with Crippen LogP contribution in [0.25, 0.3) is 0 Å². The Hall–Kier alpha value is -1.66. The molecule has 2 aromatic rings. The Morgan fingerprint density at radius 3 is 2.50 bits per heavy atom. The van der Waals surface area contributed by atoms with Gasteiger partial charge in [-0.1, -0.05) is 12.1 Å². The van der Waals surface area contributed by atoms with Crippen LogP contribution in [0.4, 0.5) is 5.69 Å². The third kappa shape index (κ3) is 5.68. The third-order valence-electron chi connectivity index (χ3n) is 4.30. The molecule has 1 aliphatic rings. The Balaban J connectivity index is 1.56. The maximum absolute atomic E-state index is 4.73. The molecule has 0 atom stereocenters. The number of hydrogen-bond donors (Lipinski definition) is 2. The van der Waals surface area contributed by atoms with Gasteiger partial charge in [-0.15, -0.1) is 11.3 Å². The number of aliphatic imine (C=N–C) groups is 1. The minimum Gasteiger partial charge on any atom is -0.370 e. The standard InChI is InChI=1S/C20H28N4S2/c1-3-21-20(23-15-19-9-4-16(2)26-19)22-14-17-5-7-18(8-6-17)24-10-12-25-13-11-24/h4-9H,3,10-15H2,1-2H3,(H2,21,22,23). The molecular formula is C20H28N4S2. The lowest BCUT2D eigenvalue weighted by molar-refractivity contribution is 0.823. The summed E-state index contributed by atoms with van der Waals surface area (Å²) in [7, 11) is 0. The van der Waals surface area contributed by atoms with Crippen LogP contribution in [0.15, 0.2) is 41.4 Å². The Labute approximate surface area is 165 Å². The van der Waals surface area contributed by atoms with E-state index in [0.29, 0.717) is 6.54 Å². The van der Waals surface area contributed by atoms with Crippen molar-refractivity contribution in [3.8, 4) is 0 Å². The Morgan fingerprint density at radius 1 is 1.08 bits per heavy atom. The zero-order valence-corrected chi connectivity index (χ0v) is 17.3. The predicted molar refractivity (Wildman–Crippen MR) is 117 cm³/mol. The van der Waals surface area contributed by atoms with Crippen LogP contribution in [-0.2, 0) is 13.1 Å². The molecule has 2 heterocycles. The average Bonchev–Trinajstić information content (AvgIpc) is 3.10. The highest BCUT2D eigenvalue weighted by atomic mass is 32.2. The van der Waals surface area contributed by atoms with Crippen LogP contribution in [0.5, 0.6) is 0 Å². The van der Waals surface area contributed by atoms with Gasteiger partial charge in [0.1, 0.15) is 0 Å². The van der Waals surface area contributed by atoms with E-state index in [4.69, 9.17) is 4.99 Å². The molecule has 0 aliphatic carbocycles. The van der Waals surface area contributed by atoms with Crippen LogP contribution in [0.3, 0.4) is 0 Å². The number of rotatable bonds is 6. The quantitative estimate of drug-likeness (QED) is 0.582.